The second kappa shape index (κ2) is 8.91. The molecule has 0 N–H and O–H groups in total. The highest BCUT2D eigenvalue weighted by atomic mass is 35.5. The fourth-order valence-electron chi connectivity index (χ4n) is 2.32. The second-order valence-corrected chi connectivity index (χ2v) is 6.29. The summed E-state index contributed by atoms with van der Waals surface area (Å²) < 4.78 is 48.1. The zero-order valence-electron chi connectivity index (χ0n) is 14.7. The lowest BCUT2D eigenvalue weighted by molar-refractivity contribution is -0.154. The van der Waals surface area contributed by atoms with Gasteiger partial charge in [0.25, 0.3) is 0 Å². The first-order valence-electron chi connectivity index (χ1n) is 8.24. The fourth-order valence-corrected chi connectivity index (χ4v) is 2.45. The van der Waals surface area contributed by atoms with E-state index < -0.39 is 24.9 Å². The molecule has 0 fully saturated rings. The Kier molecular flexibility index (Phi) is 6.32. The Hall–Kier alpha value is -3.14. The van der Waals surface area contributed by atoms with E-state index in [1.54, 1.807) is 24.3 Å². The predicted molar refractivity (Wildman–Crippen MR) is 95.4 cm³/mol. The molecule has 0 amide bonds. The average Bonchev–Trinajstić information content (AvgIpc) is 3.19. The predicted octanol–water partition coefficient (Wildman–Crippen LogP) is 3.87. The number of hydrogen-bond donors (Lipinski definition) is 0. The molecule has 0 saturated heterocycles. The van der Waals surface area contributed by atoms with Gasteiger partial charge in [-0.25, -0.2) is 19.4 Å². The standard InChI is InChI=1S/C18H14ClF3N4O3/c19-14-4-1-12(2-5-14)15(8-26-11-23-10-25-26)29-17(27)13-3-6-16(24-7-13)28-9-18(20,21)22/h1-7,10-11,15H,8-9H2. The number of aromatic nitrogens is 4. The fraction of sp³-hybridized carbons (Fsp3) is 0.222. The molecule has 1 atom stereocenters. The van der Waals surface area contributed by atoms with Crippen molar-refractivity contribution in [1.82, 2.24) is 19.7 Å². The first-order valence-corrected chi connectivity index (χ1v) is 8.62. The Labute approximate surface area is 168 Å². The molecule has 3 rings (SSSR count). The Balaban J connectivity index is 1.71. The number of pyridine rings is 1. The summed E-state index contributed by atoms with van der Waals surface area (Å²) in [4.78, 5) is 20.1. The van der Waals surface area contributed by atoms with Gasteiger partial charge < -0.3 is 9.47 Å². The van der Waals surface area contributed by atoms with Crippen molar-refractivity contribution in [3.05, 3.63) is 71.4 Å². The normalized spacial score (nSPS) is 12.4. The van der Waals surface area contributed by atoms with Gasteiger partial charge in [0.1, 0.15) is 18.8 Å². The third kappa shape index (κ3) is 6.18. The van der Waals surface area contributed by atoms with E-state index in [1.165, 1.54) is 23.4 Å². The molecule has 29 heavy (non-hydrogen) atoms. The Bertz CT molecular complexity index is 932. The number of benzene rings is 1. The van der Waals surface area contributed by atoms with E-state index >= 15 is 0 Å². The van der Waals surface area contributed by atoms with Crippen molar-refractivity contribution in [1.29, 1.82) is 0 Å². The Morgan fingerprint density at radius 1 is 1.17 bits per heavy atom. The summed E-state index contributed by atoms with van der Waals surface area (Å²) in [5.41, 5.74) is 0.734. The third-order valence-corrected chi connectivity index (χ3v) is 3.92. The van der Waals surface area contributed by atoms with Gasteiger partial charge in [0.05, 0.1) is 12.1 Å². The molecule has 3 aromatic rings. The van der Waals surface area contributed by atoms with Crippen LogP contribution in [0.3, 0.4) is 0 Å². The molecule has 0 aliphatic carbocycles. The molecule has 0 saturated carbocycles. The van der Waals surface area contributed by atoms with Crippen molar-refractivity contribution < 1.29 is 27.4 Å². The summed E-state index contributed by atoms with van der Waals surface area (Å²) >= 11 is 5.90. The minimum Gasteiger partial charge on any atom is -0.468 e. The van der Waals surface area contributed by atoms with Crippen LogP contribution in [-0.2, 0) is 11.3 Å². The number of carbonyl (C=O) groups excluding carboxylic acids is 1. The van der Waals surface area contributed by atoms with Crippen molar-refractivity contribution in [3.8, 4) is 5.88 Å². The molecule has 7 nitrogen and oxygen atoms in total. The third-order valence-electron chi connectivity index (χ3n) is 3.67. The largest absolute Gasteiger partial charge is 0.468 e. The molecule has 2 heterocycles. The summed E-state index contributed by atoms with van der Waals surface area (Å²) in [6, 6.07) is 9.18. The highest BCUT2D eigenvalue weighted by Crippen LogP contribution is 2.23. The van der Waals surface area contributed by atoms with E-state index in [0.717, 1.165) is 12.3 Å². The average molecular weight is 427 g/mol. The van der Waals surface area contributed by atoms with Crippen LogP contribution in [0, 0.1) is 0 Å². The number of esters is 1. The number of carbonyl (C=O) groups is 1. The minimum atomic E-state index is -4.48. The Morgan fingerprint density at radius 2 is 1.93 bits per heavy atom. The van der Waals surface area contributed by atoms with E-state index in [-0.39, 0.29) is 18.0 Å². The molecular formula is C18H14ClF3N4O3. The number of alkyl halides is 3. The van der Waals surface area contributed by atoms with Crippen molar-refractivity contribution >= 4 is 17.6 Å². The molecule has 2 aromatic heterocycles. The van der Waals surface area contributed by atoms with Gasteiger partial charge in [-0.2, -0.15) is 18.3 Å². The van der Waals surface area contributed by atoms with Crippen LogP contribution in [0.5, 0.6) is 5.88 Å². The van der Waals surface area contributed by atoms with Crippen molar-refractivity contribution in [2.45, 2.75) is 18.8 Å². The summed E-state index contributed by atoms with van der Waals surface area (Å²) in [5, 5.41) is 4.52. The van der Waals surface area contributed by atoms with Crippen LogP contribution in [0.15, 0.2) is 55.2 Å². The molecule has 1 unspecified atom stereocenters. The van der Waals surface area contributed by atoms with Crippen molar-refractivity contribution in [3.63, 3.8) is 0 Å². The number of hydrogen-bond acceptors (Lipinski definition) is 6. The van der Waals surface area contributed by atoms with Gasteiger partial charge in [-0.15, -0.1) is 0 Å². The van der Waals surface area contributed by atoms with Crippen LogP contribution in [-0.4, -0.2) is 38.5 Å². The highest BCUT2D eigenvalue weighted by molar-refractivity contribution is 6.30. The Morgan fingerprint density at radius 3 is 2.52 bits per heavy atom. The second-order valence-electron chi connectivity index (χ2n) is 5.85. The van der Waals surface area contributed by atoms with Crippen LogP contribution < -0.4 is 4.74 Å². The van der Waals surface area contributed by atoms with Gasteiger partial charge in [0, 0.05) is 17.3 Å². The molecule has 1 aromatic carbocycles. The number of halogens is 4. The summed E-state index contributed by atoms with van der Waals surface area (Å²) in [6.07, 6.45) is -1.27. The first-order chi connectivity index (χ1) is 13.8. The van der Waals surface area contributed by atoms with E-state index in [9.17, 15) is 18.0 Å². The molecule has 0 bridgehead atoms. The molecule has 0 aliphatic heterocycles. The van der Waals surface area contributed by atoms with Gasteiger partial charge in [-0.3, -0.25) is 0 Å². The van der Waals surface area contributed by atoms with E-state index in [0.29, 0.717) is 10.6 Å². The van der Waals surface area contributed by atoms with Crippen LogP contribution in [0.25, 0.3) is 0 Å². The zero-order chi connectivity index (χ0) is 20.9. The lowest BCUT2D eigenvalue weighted by Crippen LogP contribution is -2.20. The maximum atomic E-state index is 12.5. The monoisotopic (exact) mass is 426 g/mol. The first kappa shape index (κ1) is 20.6. The highest BCUT2D eigenvalue weighted by Gasteiger charge is 2.28. The van der Waals surface area contributed by atoms with E-state index in [2.05, 4.69) is 19.8 Å². The lowest BCUT2D eigenvalue weighted by Gasteiger charge is -2.18. The SMILES string of the molecule is O=C(OC(Cn1cncn1)c1ccc(Cl)cc1)c1ccc(OCC(F)(F)F)nc1. The number of nitrogens with zero attached hydrogens (tertiary/aromatic N) is 4. The maximum absolute atomic E-state index is 12.5. The van der Waals surface area contributed by atoms with Gasteiger partial charge in [-0.05, 0) is 23.8 Å². The zero-order valence-corrected chi connectivity index (χ0v) is 15.5. The van der Waals surface area contributed by atoms with Crippen molar-refractivity contribution in [2.75, 3.05) is 6.61 Å². The summed E-state index contributed by atoms with van der Waals surface area (Å²) in [7, 11) is 0. The van der Waals surface area contributed by atoms with E-state index in [1.807, 2.05) is 0 Å². The number of rotatable bonds is 7. The smallest absolute Gasteiger partial charge is 0.422 e. The van der Waals surface area contributed by atoms with Gasteiger partial charge in [-0.1, -0.05) is 23.7 Å². The van der Waals surface area contributed by atoms with Crippen LogP contribution in [0.2, 0.25) is 5.02 Å². The van der Waals surface area contributed by atoms with Gasteiger partial charge >= 0.3 is 12.1 Å². The summed E-state index contributed by atoms with van der Waals surface area (Å²) in [5.74, 6) is -0.962. The lowest BCUT2D eigenvalue weighted by atomic mass is 10.1. The van der Waals surface area contributed by atoms with Crippen LogP contribution in [0.4, 0.5) is 13.2 Å². The molecule has 0 radical (unpaired) electrons. The van der Waals surface area contributed by atoms with E-state index in [4.69, 9.17) is 16.3 Å². The molecule has 0 aliphatic rings. The molecular weight excluding hydrogens is 413 g/mol. The quantitative estimate of drug-likeness (QED) is 0.534. The van der Waals surface area contributed by atoms with Gasteiger partial charge in [0.15, 0.2) is 6.61 Å². The number of ether oxygens (including phenoxy) is 2. The molecule has 152 valence electrons. The van der Waals surface area contributed by atoms with Crippen LogP contribution in [0.1, 0.15) is 22.0 Å². The maximum Gasteiger partial charge on any atom is 0.422 e. The molecule has 11 heteroatoms. The van der Waals surface area contributed by atoms with Crippen molar-refractivity contribution in [2.24, 2.45) is 0 Å². The topological polar surface area (TPSA) is 79.1 Å². The molecule has 0 spiro atoms. The minimum absolute atomic E-state index is 0.0573. The van der Waals surface area contributed by atoms with Gasteiger partial charge in [0.2, 0.25) is 5.88 Å². The summed E-state index contributed by atoms with van der Waals surface area (Å²) in [6.45, 7) is -1.27. The van der Waals surface area contributed by atoms with Crippen LogP contribution >= 0.6 is 11.6 Å².